The van der Waals surface area contributed by atoms with E-state index in [0.29, 0.717) is 22.3 Å². The molecule has 1 atom stereocenters. The number of carbonyl (C=O) groups excluding carboxylic acids is 1. The molecule has 1 unspecified atom stereocenters. The second-order valence-electron chi connectivity index (χ2n) is 8.27. The molecule has 12 heteroatoms. The second-order valence-corrected chi connectivity index (χ2v) is 8.27. The van der Waals surface area contributed by atoms with Crippen LogP contribution in [0, 0.1) is 11.3 Å². The van der Waals surface area contributed by atoms with Crippen molar-refractivity contribution in [1.82, 2.24) is 19.5 Å². The molecule has 1 aliphatic rings. The van der Waals surface area contributed by atoms with E-state index in [2.05, 4.69) is 21.0 Å². The maximum atomic E-state index is 13.6. The molecule has 192 valence electrons. The van der Waals surface area contributed by atoms with Gasteiger partial charge in [0.2, 0.25) is 5.95 Å². The van der Waals surface area contributed by atoms with Crippen LogP contribution in [0.25, 0.3) is 11.2 Å². The summed E-state index contributed by atoms with van der Waals surface area (Å²) in [4.78, 5) is 26.9. The monoisotopic (exact) mass is 520 g/mol. The zero-order valence-corrected chi connectivity index (χ0v) is 20.1. The summed E-state index contributed by atoms with van der Waals surface area (Å²) >= 11 is 0. The van der Waals surface area contributed by atoms with Gasteiger partial charge in [0.25, 0.3) is 0 Å². The summed E-state index contributed by atoms with van der Waals surface area (Å²) in [5, 5.41) is 9.25. The van der Waals surface area contributed by atoms with E-state index in [4.69, 9.17) is 9.47 Å². The van der Waals surface area contributed by atoms with Gasteiger partial charge in [-0.15, -0.1) is 0 Å². The Balaban J connectivity index is 1.80. The number of benzene rings is 2. The molecule has 0 amide bonds. The number of hydrogen-bond donors (Lipinski definition) is 0. The smallest absolute Gasteiger partial charge is 0.434 e. The molecule has 5 rings (SSSR count). The predicted molar refractivity (Wildman–Crippen MR) is 129 cm³/mol. The summed E-state index contributed by atoms with van der Waals surface area (Å²) in [7, 11) is 0. The molecule has 0 bridgehead atoms. The molecular formula is C26H19F3N6O3. The molecule has 2 aromatic heterocycles. The van der Waals surface area contributed by atoms with Crippen LogP contribution in [-0.2, 0) is 15.7 Å². The van der Waals surface area contributed by atoms with Crippen molar-refractivity contribution in [2.75, 3.05) is 11.5 Å². The van der Waals surface area contributed by atoms with E-state index in [9.17, 15) is 23.2 Å². The molecule has 3 heterocycles. The number of halogens is 3. The third-order valence-corrected chi connectivity index (χ3v) is 5.99. The van der Waals surface area contributed by atoms with Crippen molar-refractivity contribution >= 4 is 29.0 Å². The van der Waals surface area contributed by atoms with Gasteiger partial charge in [-0.1, -0.05) is 18.2 Å². The normalized spacial score (nSPS) is 15.3. The summed E-state index contributed by atoms with van der Waals surface area (Å²) in [6.07, 6.45) is -2.73. The lowest BCUT2D eigenvalue weighted by Gasteiger charge is -2.36. The van der Waals surface area contributed by atoms with Gasteiger partial charge in [-0.05, 0) is 49.7 Å². The van der Waals surface area contributed by atoms with Crippen LogP contribution in [0.4, 0.5) is 29.6 Å². The fourth-order valence-corrected chi connectivity index (χ4v) is 4.35. The maximum absolute atomic E-state index is 13.6. The van der Waals surface area contributed by atoms with Gasteiger partial charge in [-0.2, -0.15) is 23.4 Å². The standard InChI is InChI=1S/C26H19F3N6O3/c1-3-37-25(36)38-22-15(2)34(19-6-4-5-18(11-19)26(27,28)29)24-33-23-20(13-31-14-32-23)35(24)21(22)17-9-7-16(12-30)8-10-17/h4-11,13-14,21H,3H2,1-2H3. The molecule has 4 aromatic rings. The molecule has 0 N–H and O–H groups in total. The SMILES string of the molecule is CCOC(=O)OC1=C(C)N(c2cccc(C(F)(F)F)c2)c2nc3ncncc3n2C1c1ccc(C#N)cc1. The van der Waals surface area contributed by atoms with Crippen molar-refractivity contribution in [1.29, 1.82) is 5.26 Å². The van der Waals surface area contributed by atoms with Gasteiger partial charge in [-0.3, -0.25) is 9.47 Å². The number of anilines is 2. The first-order chi connectivity index (χ1) is 18.2. The molecular weight excluding hydrogens is 501 g/mol. The highest BCUT2D eigenvalue weighted by atomic mass is 19.4. The highest BCUT2D eigenvalue weighted by molar-refractivity contribution is 5.80. The number of nitriles is 1. The zero-order chi connectivity index (χ0) is 27.0. The Morgan fingerprint density at radius 1 is 1.18 bits per heavy atom. The van der Waals surface area contributed by atoms with Crippen LogP contribution in [0.15, 0.2) is 72.5 Å². The first kappa shape index (κ1) is 24.8. The summed E-state index contributed by atoms with van der Waals surface area (Å²) < 4.78 is 53.2. The Morgan fingerprint density at radius 3 is 2.63 bits per heavy atom. The van der Waals surface area contributed by atoms with Gasteiger partial charge < -0.3 is 9.47 Å². The van der Waals surface area contributed by atoms with Crippen molar-refractivity contribution in [3.8, 4) is 6.07 Å². The summed E-state index contributed by atoms with van der Waals surface area (Å²) in [6.45, 7) is 3.28. The molecule has 0 saturated carbocycles. The molecule has 0 fully saturated rings. The molecule has 0 spiro atoms. The Labute approximate surface area is 214 Å². The fraction of sp³-hybridized carbons (Fsp3) is 0.192. The number of fused-ring (bicyclic) bond motifs is 3. The quantitative estimate of drug-likeness (QED) is 0.308. The van der Waals surface area contributed by atoms with E-state index in [-0.39, 0.29) is 29.6 Å². The average Bonchev–Trinajstić information content (AvgIpc) is 3.28. The van der Waals surface area contributed by atoms with Crippen LogP contribution < -0.4 is 4.90 Å². The van der Waals surface area contributed by atoms with E-state index in [1.807, 2.05) is 0 Å². The van der Waals surface area contributed by atoms with Crippen molar-refractivity contribution in [3.63, 3.8) is 0 Å². The average molecular weight is 520 g/mol. The Morgan fingerprint density at radius 2 is 1.95 bits per heavy atom. The van der Waals surface area contributed by atoms with Crippen LogP contribution in [0.5, 0.6) is 0 Å². The molecule has 0 saturated heterocycles. The number of hydrogen-bond acceptors (Lipinski definition) is 8. The lowest BCUT2D eigenvalue weighted by molar-refractivity contribution is -0.137. The minimum atomic E-state index is -4.58. The largest absolute Gasteiger partial charge is 0.513 e. The van der Waals surface area contributed by atoms with E-state index < -0.39 is 23.9 Å². The van der Waals surface area contributed by atoms with Crippen molar-refractivity contribution < 1.29 is 27.4 Å². The molecule has 38 heavy (non-hydrogen) atoms. The first-order valence-corrected chi connectivity index (χ1v) is 11.4. The summed E-state index contributed by atoms with van der Waals surface area (Å²) in [5.74, 6) is 0.337. The zero-order valence-electron chi connectivity index (χ0n) is 20.1. The molecule has 9 nitrogen and oxygen atoms in total. The molecule has 0 aliphatic carbocycles. The van der Waals surface area contributed by atoms with Gasteiger partial charge >= 0.3 is 12.3 Å². The second kappa shape index (κ2) is 9.51. The minimum absolute atomic E-state index is 0.0527. The number of allylic oxidation sites excluding steroid dienone is 2. The number of carbonyl (C=O) groups is 1. The van der Waals surface area contributed by atoms with Crippen LogP contribution in [0.1, 0.15) is 36.6 Å². The number of imidazole rings is 1. The molecule has 1 aliphatic heterocycles. The highest BCUT2D eigenvalue weighted by Crippen LogP contribution is 2.46. The topological polar surface area (TPSA) is 106 Å². The maximum Gasteiger partial charge on any atom is 0.513 e. The van der Waals surface area contributed by atoms with Crippen LogP contribution in [-0.4, -0.2) is 32.3 Å². The fourth-order valence-electron chi connectivity index (χ4n) is 4.35. The Kier molecular flexibility index (Phi) is 6.20. The van der Waals surface area contributed by atoms with Crippen LogP contribution >= 0.6 is 0 Å². The van der Waals surface area contributed by atoms with Gasteiger partial charge in [0.05, 0.1) is 35.7 Å². The Hall–Kier alpha value is -4.92. The van der Waals surface area contributed by atoms with Crippen LogP contribution in [0.2, 0.25) is 0 Å². The van der Waals surface area contributed by atoms with Crippen LogP contribution in [0.3, 0.4) is 0 Å². The number of ether oxygens (including phenoxy) is 2. The van der Waals surface area contributed by atoms with Gasteiger partial charge in [0.15, 0.2) is 11.4 Å². The number of nitrogens with zero attached hydrogens (tertiary/aromatic N) is 6. The van der Waals surface area contributed by atoms with E-state index >= 15 is 0 Å². The predicted octanol–water partition coefficient (Wildman–Crippen LogP) is 5.86. The molecule has 2 aromatic carbocycles. The van der Waals surface area contributed by atoms with Gasteiger partial charge in [0.1, 0.15) is 17.9 Å². The number of alkyl halides is 3. The summed E-state index contributed by atoms with van der Waals surface area (Å²) in [6, 6.07) is 12.6. The van der Waals surface area contributed by atoms with Crippen molar-refractivity contribution in [3.05, 3.63) is 89.2 Å². The van der Waals surface area contributed by atoms with E-state index in [1.54, 1.807) is 42.7 Å². The third kappa shape index (κ3) is 4.28. The number of rotatable bonds is 4. The van der Waals surface area contributed by atoms with E-state index in [1.165, 1.54) is 29.6 Å². The Bertz CT molecular complexity index is 1610. The third-order valence-electron chi connectivity index (χ3n) is 5.99. The lowest BCUT2D eigenvalue weighted by atomic mass is 9.99. The highest BCUT2D eigenvalue weighted by Gasteiger charge is 2.39. The van der Waals surface area contributed by atoms with Gasteiger partial charge in [-0.25, -0.2) is 14.8 Å². The first-order valence-electron chi connectivity index (χ1n) is 11.4. The van der Waals surface area contributed by atoms with E-state index in [0.717, 1.165) is 12.1 Å². The van der Waals surface area contributed by atoms with Gasteiger partial charge in [0, 0.05) is 5.69 Å². The lowest BCUT2D eigenvalue weighted by Crippen LogP contribution is -2.32. The molecule has 0 radical (unpaired) electrons. The van der Waals surface area contributed by atoms with Crippen molar-refractivity contribution in [2.24, 2.45) is 0 Å². The number of aromatic nitrogens is 4. The summed E-state index contributed by atoms with van der Waals surface area (Å²) in [5.41, 5.74) is 1.38. The van der Waals surface area contributed by atoms with Crippen molar-refractivity contribution in [2.45, 2.75) is 26.1 Å². The minimum Gasteiger partial charge on any atom is -0.434 e.